The number of carbonyl (C=O) groups is 1. The van der Waals surface area contributed by atoms with Gasteiger partial charge in [-0.2, -0.15) is 0 Å². The summed E-state index contributed by atoms with van der Waals surface area (Å²) >= 11 is 0. The Morgan fingerprint density at radius 1 is 1.17 bits per heavy atom. The predicted octanol–water partition coefficient (Wildman–Crippen LogP) is 2.99. The summed E-state index contributed by atoms with van der Waals surface area (Å²) in [6.07, 6.45) is -0.798. The molecule has 0 unspecified atom stereocenters. The van der Waals surface area contributed by atoms with E-state index in [-0.39, 0.29) is 11.7 Å². The molecule has 0 saturated carbocycles. The minimum Gasteiger partial charge on any atom is -0.478 e. The second-order valence-corrected chi connectivity index (χ2v) is 5.73. The number of nitrogens with zero attached hydrogens (tertiary/aromatic N) is 3. The van der Waals surface area contributed by atoms with Crippen molar-refractivity contribution in [3.05, 3.63) is 54.3 Å². The van der Waals surface area contributed by atoms with Crippen LogP contribution in [0.4, 0.5) is 10.3 Å². The van der Waals surface area contributed by atoms with Crippen molar-refractivity contribution in [2.24, 2.45) is 0 Å². The topological polar surface area (TPSA) is 47.4 Å². The number of hydrogen-bond acceptors (Lipinski definition) is 3. The third kappa shape index (κ3) is 2.31. The van der Waals surface area contributed by atoms with Gasteiger partial charge in [-0.3, -0.25) is 9.69 Å². The minimum absolute atomic E-state index is 0.0750. The molecule has 1 aliphatic rings. The Morgan fingerprint density at radius 3 is 2.75 bits per heavy atom. The highest BCUT2D eigenvalue weighted by atomic mass is 19.1. The molecule has 0 spiro atoms. The van der Waals surface area contributed by atoms with Crippen LogP contribution in [0.3, 0.4) is 0 Å². The largest absolute Gasteiger partial charge is 0.478 e. The first-order valence-corrected chi connectivity index (χ1v) is 7.83. The number of imidazole rings is 1. The van der Waals surface area contributed by atoms with Crippen LogP contribution >= 0.6 is 0 Å². The van der Waals surface area contributed by atoms with Gasteiger partial charge in [0, 0.05) is 13.1 Å². The van der Waals surface area contributed by atoms with Gasteiger partial charge in [0.15, 0.2) is 17.7 Å². The fourth-order valence-electron chi connectivity index (χ4n) is 3.00. The van der Waals surface area contributed by atoms with E-state index >= 15 is 0 Å². The van der Waals surface area contributed by atoms with Gasteiger partial charge in [0.05, 0.1) is 11.0 Å². The van der Waals surface area contributed by atoms with Gasteiger partial charge in [0.25, 0.3) is 5.91 Å². The molecule has 122 valence electrons. The van der Waals surface area contributed by atoms with Gasteiger partial charge in [-0.15, -0.1) is 0 Å². The number of hydrogen-bond donors (Lipinski definition) is 0. The molecule has 24 heavy (non-hydrogen) atoms. The lowest BCUT2D eigenvalue weighted by molar-refractivity contribution is -0.124. The van der Waals surface area contributed by atoms with Gasteiger partial charge < -0.3 is 9.30 Å². The zero-order chi connectivity index (χ0) is 16.7. The third-order valence-corrected chi connectivity index (χ3v) is 4.18. The summed E-state index contributed by atoms with van der Waals surface area (Å²) in [5.74, 6) is -0.0191. The molecule has 4 rings (SSSR count). The molecule has 1 aromatic heterocycles. The predicted molar refractivity (Wildman–Crippen MR) is 88.6 cm³/mol. The van der Waals surface area contributed by atoms with Crippen LogP contribution in [0.1, 0.15) is 6.92 Å². The summed E-state index contributed by atoms with van der Waals surface area (Å²) in [7, 11) is 0. The zero-order valence-corrected chi connectivity index (χ0v) is 13.1. The van der Waals surface area contributed by atoms with E-state index in [4.69, 9.17) is 4.74 Å². The number of para-hydroxylation sites is 3. The quantitative estimate of drug-likeness (QED) is 0.744. The molecule has 0 bridgehead atoms. The minimum atomic E-state index is -0.798. The lowest BCUT2D eigenvalue weighted by Gasteiger charge is -2.20. The van der Waals surface area contributed by atoms with Gasteiger partial charge in [0.1, 0.15) is 0 Å². The van der Waals surface area contributed by atoms with Gasteiger partial charge >= 0.3 is 0 Å². The molecule has 0 saturated heterocycles. The number of rotatable bonds is 3. The van der Waals surface area contributed by atoms with E-state index in [2.05, 4.69) is 4.98 Å². The Hall–Kier alpha value is -2.89. The first-order valence-electron chi connectivity index (χ1n) is 7.83. The van der Waals surface area contributed by atoms with E-state index in [1.54, 1.807) is 24.0 Å². The van der Waals surface area contributed by atoms with E-state index in [9.17, 15) is 9.18 Å². The van der Waals surface area contributed by atoms with Gasteiger partial charge in [-0.1, -0.05) is 24.3 Å². The van der Waals surface area contributed by atoms with E-state index in [1.807, 2.05) is 28.8 Å². The highest BCUT2D eigenvalue weighted by molar-refractivity contribution is 5.97. The molecule has 1 aliphatic heterocycles. The maximum atomic E-state index is 13.7. The number of aromatic nitrogens is 2. The average Bonchev–Trinajstić information content (AvgIpc) is 3.15. The molecule has 1 amide bonds. The second-order valence-electron chi connectivity index (χ2n) is 5.73. The normalized spacial score (nSPS) is 14.7. The summed E-state index contributed by atoms with van der Waals surface area (Å²) in [4.78, 5) is 18.9. The van der Waals surface area contributed by atoms with Crippen molar-refractivity contribution in [2.75, 3.05) is 11.4 Å². The zero-order valence-electron chi connectivity index (χ0n) is 13.1. The number of halogens is 1. The molecule has 0 fully saturated rings. The molecule has 2 aromatic carbocycles. The molecule has 0 N–H and O–H groups in total. The molecule has 2 heterocycles. The Balaban J connectivity index is 1.59. The van der Waals surface area contributed by atoms with Crippen LogP contribution < -0.4 is 9.64 Å². The molecular weight excluding hydrogens is 309 g/mol. The van der Waals surface area contributed by atoms with Crippen molar-refractivity contribution < 1.29 is 13.9 Å². The number of benzene rings is 2. The summed E-state index contributed by atoms with van der Waals surface area (Å²) in [6, 6.07) is 13.8. The average molecular weight is 325 g/mol. The Bertz CT molecular complexity index is 922. The fraction of sp³-hybridized carbons (Fsp3) is 0.222. The van der Waals surface area contributed by atoms with E-state index in [0.29, 0.717) is 19.0 Å². The number of ether oxygens (including phenoxy) is 1. The summed E-state index contributed by atoms with van der Waals surface area (Å²) in [5, 5.41) is 0. The molecule has 0 radical (unpaired) electrons. The highest BCUT2D eigenvalue weighted by Gasteiger charge is 2.32. The maximum absolute atomic E-state index is 13.7. The first kappa shape index (κ1) is 14.7. The van der Waals surface area contributed by atoms with Crippen LogP contribution in [0.15, 0.2) is 48.5 Å². The van der Waals surface area contributed by atoms with Crippen LogP contribution in [0.25, 0.3) is 11.0 Å². The van der Waals surface area contributed by atoms with Gasteiger partial charge in [-0.25, -0.2) is 9.37 Å². The molecule has 0 aliphatic carbocycles. The van der Waals surface area contributed by atoms with Crippen molar-refractivity contribution in [2.45, 2.75) is 19.6 Å². The maximum Gasteiger partial charge on any atom is 0.270 e. The number of carbonyl (C=O) groups excluding carboxylic acids is 1. The molecular formula is C18H16FN3O2. The van der Waals surface area contributed by atoms with Crippen molar-refractivity contribution >= 4 is 22.9 Å². The monoisotopic (exact) mass is 325 g/mol. The summed E-state index contributed by atoms with van der Waals surface area (Å²) < 4.78 is 21.2. The summed E-state index contributed by atoms with van der Waals surface area (Å²) in [6.45, 7) is 2.85. The lowest BCUT2D eigenvalue weighted by Crippen LogP contribution is -2.40. The molecule has 3 aromatic rings. The van der Waals surface area contributed by atoms with Crippen LogP contribution in [-0.2, 0) is 11.3 Å². The van der Waals surface area contributed by atoms with Gasteiger partial charge in [-0.05, 0) is 31.2 Å². The van der Waals surface area contributed by atoms with E-state index in [0.717, 1.165) is 11.0 Å². The standard InChI is InChI=1S/C18H16FN3O2/c1-12(24-16-9-5-2-6-13(16)19)17(23)22-11-10-21-15-8-4-3-7-14(15)20-18(21)22/h2-9,12H,10-11H2,1H3/t12-/m1/s1. The first-order chi connectivity index (χ1) is 11.6. The Labute approximate surface area is 138 Å². The van der Waals surface area contributed by atoms with Crippen LogP contribution in [0.5, 0.6) is 5.75 Å². The lowest BCUT2D eigenvalue weighted by atomic mass is 10.3. The second kappa shape index (κ2) is 5.63. The Morgan fingerprint density at radius 2 is 1.92 bits per heavy atom. The molecule has 1 atom stereocenters. The smallest absolute Gasteiger partial charge is 0.270 e. The fourth-order valence-corrected chi connectivity index (χ4v) is 3.00. The number of fused-ring (bicyclic) bond motifs is 3. The van der Waals surface area contributed by atoms with Crippen LogP contribution in [0, 0.1) is 5.82 Å². The van der Waals surface area contributed by atoms with E-state index in [1.165, 1.54) is 12.1 Å². The van der Waals surface area contributed by atoms with Crippen molar-refractivity contribution in [1.29, 1.82) is 0 Å². The highest BCUT2D eigenvalue weighted by Crippen LogP contribution is 2.28. The SMILES string of the molecule is C[C@@H](Oc1ccccc1F)C(=O)N1CCn2c1nc1ccccc12. The van der Waals surface area contributed by atoms with Crippen LogP contribution in [-0.4, -0.2) is 28.1 Å². The Kier molecular flexibility index (Phi) is 3.45. The van der Waals surface area contributed by atoms with Crippen molar-refractivity contribution in [3.8, 4) is 5.75 Å². The summed E-state index contributed by atoms with van der Waals surface area (Å²) in [5.41, 5.74) is 1.86. The molecule has 6 heteroatoms. The van der Waals surface area contributed by atoms with Crippen molar-refractivity contribution in [3.63, 3.8) is 0 Å². The van der Waals surface area contributed by atoms with Crippen LogP contribution in [0.2, 0.25) is 0 Å². The third-order valence-electron chi connectivity index (χ3n) is 4.18. The molecule has 5 nitrogen and oxygen atoms in total. The number of amides is 1. The van der Waals surface area contributed by atoms with E-state index < -0.39 is 11.9 Å². The van der Waals surface area contributed by atoms with Crippen molar-refractivity contribution in [1.82, 2.24) is 9.55 Å². The van der Waals surface area contributed by atoms with Gasteiger partial charge in [0.2, 0.25) is 5.95 Å². The number of anilines is 1.